The van der Waals surface area contributed by atoms with Crippen molar-refractivity contribution in [2.24, 2.45) is 0 Å². The van der Waals surface area contributed by atoms with Gasteiger partial charge >= 0.3 is 5.63 Å². The summed E-state index contributed by atoms with van der Waals surface area (Å²) in [4.78, 5) is 24.2. The van der Waals surface area contributed by atoms with E-state index < -0.39 is 0 Å². The molecule has 0 aliphatic carbocycles. The highest BCUT2D eigenvalue weighted by Gasteiger charge is 2.23. The molecule has 4 rings (SSSR count). The van der Waals surface area contributed by atoms with E-state index in [-0.39, 0.29) is 11.4 Å². The van der Waals surface area contributed by atoms with E-state index in [4.69, 9.17) is 4.42 Å². The average molecular weight is 353 g/mol. The predicted molar refractivity (Wildman–Crippen MR) is 97.5 cm³/mol. The average Bonchev–Trinajstić information content (AvgIpc) is 2.66. The number of hydrogen-bond acceptors (Lipinski definition) is 6. The molecule has 1 aliphatic rings. The van der Waals surface area contributed by atoms with E-state index in [0.717, 1.165) is 49.6 Å². The molecule has 1 saturated heterocycles. The van der Waals surface area contributed by atoms with E-state index >= 15 is 0 Å². The summed E-state index contributed by atoms with van der Waals surface area (Å²) in [6, 6.07) is 6.86. The zero-order valence-electron chi connectivity index (χ0n) is 14.6. The van der Waals surface area contributed by atoms with Crippen molar-refractivity contribution in [1.29, 1.82) is 0 Å². The Bertz CT molecular complexity index is 979. The lowest BCUT2D eigenvalue weighted by Crippen LogP contribution is -3.13. The SMILES string of the molecule is Cc1c(O)ccc2c(C[NH+]3CCN(c4ncccn4)CC3)cc(=O)oc12. The third kappa shape index (κ3) is 3.13. The van der Waals surface area contributed by atoms with Crippen LogP contribution >= 0.6 is 0 Å². The smallest absolute Gasteiger partial charge is 0.336 e. The number of benzene rings is 1. The fourth-order valence-corrected chi connectivity index (χ4v) is 3.49. The minimum atomic E-state index is -0.378. The molecule has 134 valence electrons. The zero-order valence-corrected chi connectivity index (χ0v) is 14.6. The molecular weight excluding hydrogens is 332 g/mol. The Kier molecular flexibility index (Phi) is 4.30. The lowest BCUT2D eigenvalue weighted by molar-refractivity contribution is -0.914. The number of quaternary nitrogens is 1. The van der Waals surface area contributed by atoms with Crippen molar-refractivity contribution >= 4 is 16.9 Å². The van der Waals surface area contributed by atoms with Gasteiger partial charge in [0.05, 0.1) is 26.2 Å². The maximum atomic E-state index is 12.0. The number of nitrogens with zero attached hydrogens (tertiary/aromatic N) is 3. The highest BCUT2D eigenvalue weighted by Crippen LogP contribution is 2.27. The largest absolute Gasteiger partial charge is 0.508 e. The minimum Gasteiger partial charge on any atom is -0.508 e. The predicted octanol–water partition coefficient (Wildman–Crippen LogP) is 0.502. The Hall–Kier alpha value is -2.93. The molecule has 1 aliphatic heterocycles. The minimum absolute atomic E-state index is 0.140. The molecule has 0 unspecified atom stereocenters. The highest BCUT2D eigenvalue weighted by atomic mass is 16.4. The van der Waals surface area contributed by atoms with Crippen LogP contribution in [0.5, 0.6) is 5.75 Å². The first-order chi connectivity index (χ1) is 12.6. The first-order valence-electron chi connectivity index (χ1n) is 8.72. The number of phenols is 1. The molecule has 0 radical (unpaired) electrons. The van der Waals surface area contributed by atoms with Crippen molar-refractivity contribution in [3.05, 3.63) is 58.2 Å². The van der Waals surface area contributed by atoms with Crippen molar-refractivity contribution in [1.82, 2.24) is 9.97 Å². The van der Waals surface area contributed by atoms with Gasteiger partial charge in [-0.15, -0.1) is 0 Å². The van der Waals surface area contributed by atoms with Gasteiger partial charge in [-0.1, -0.05) is 0 Å². The molecule has 0 amide bonds. The molecule has 0 saturated carbocycles. The molecule has 2 aromatic heterocycles. The number of anilines is 1. The monoisotopic (exact) mass is 353 g/mol. The van der Waals surface area contributed by atoms with Crippen molar-refractivity contribution in [2.45, 2.75) is 13.5 Å². The molecule has 0 spiro atoms. The van der Waals surface area contributed by atoms with Gasteiger partial charge in [0.2, 0.25) is 5.95 Å². The van der Waals surface area contributed by atoms with Gasteiger partial charge in [0.1, 0.15) is 17.9 Å². The van der Waals surface area contributed by atoms with Crippen molar-refractivity contribution in [3.8, 4) is 5.75 Å². The lowest BCUT2D eigenvalue weighted by atomic mass is 10.1. The Morgan fingerprint density at radius 1 is 1.23 bits per heavy atom. The number of aryl methyl sites for hydroxylation is 1. The summed E-state index contributed by atoms with van der Waals surface area (Å²) in [7, 11) is 0. The molecular formula is C19H21N4O3+. The number of phenolic OH excluding ortho intramolecular Hbond substituents is 1. The van der Waals surface area contributed by atoms with E-state index in [1.165, 1.54) is 4.90 Å². The number of fused-ring (bicyclic) bond motifs is 1. The van der Waals surface area contributed by atoms with Gasteiger partial charge in [-0.25, -0.2) is 14.8 Å². The van der Waals surface area contributed by atoms with Crippen LogP contribution in [0.1, 0.15) is 11.1 Å². The quantitative estimate of drug-likeness (QED) is 0.667. The Labute approximate surface area is 150 Å². The summed E-state index contributed by atoms with van der Waals surface area (Å²) in [6.45, 7) is 6.14. The van der Waals surface area contributed by atoms with Gasteiger partial charge in [-0.3, -0.25) is 0 Å². The fraction of sp³-hybridized carbons (Fsp3) is 0.316. The second-order valence-corrected chi connectivity index (χ2v) is 6.64. The van der Waals surface area contributed by atoms with Gasteiger partial charge in [0, 0.05) is 35.0 Å². The second-order valence-electron chi connectivity index (χ2n) is 6.64. The number of aromatic nitrogens is 2. The zero-order chi connectivity index (χ0) is 18.1. The number of nitrogens with one attached hydrogen (secondary N) is 1. The van der Waals surface area contributed by atoms with Gasteiger partial charge in [-0.05, 0) is 25.1 Å². The first kappa shape index (κ1) is 16.5. The van der Waals surface area contributed by atoms with E-state index in [2.05, 4.69) is 14.9 Å². The summed E-state index contributed by atoms with van der Waals surface area (Å²) in [5.41, 5.74) is 1.65. The van der Waals surface area contributed by atoms with Crippen LogP contribution in [-0.2, 0) is 6.54 Å². The van der Waals surface area contributed by atoms with Crippen molar-refractivity contribution in [2.75, 3.05) is 31.1 Å². The molecule has 7 heteroatoms. The topological polar surface area (TPSA) is 83.9 Å². The lowest BCUT2D eigenvalue weighted by Gasteiger charge is -2.32. The molecule has 1 fully saturated rings. The third-order valence-electron chi connectivity index (χ3n) is 4.96. The molecule has 0 atom stereocenters. The molecule has 3 aromatic rings. The van der Waals surface area contributed by atoms with Gasteiger partial charge < -0.3 is 19.3 Å². The van der Waals surface area contributed by atoms with Crippen LogP contribution in [0, 0.1) is 6.92 Å². The number of rotatable bonds is 3. The van der Waals surface area contributed by atoms with Crippen LogP contribution in [0.15, 0.2) is 45.9 Å². The van der Waals surface area contributed by atoms with E-state index in [1.54, 1.807) is 31.5 Å². The summed E-state index contributed by atoms with van der Waals surface area (Å²) < 4.78 is 5.33. The van der Waals surface area contributed by atoms with Gasteiger partial charge in [-0.2, -0.15) is 0 Å². The molecule has 2 N–H and O–H groups in total. The highest BCUT2D eigenvalue weighted by molar-refractivity contribution is 5.84. The van der Waals surface area contributed by atoms with Crippen molar-refractivity contribution < 1.29 is 14.4 Å². The number of piperazine rings is 1. The van der Waals surface area contributed by atoms with Crippen LogP contribution in [0.25, 0.3) is 11.0 Å². The third-order valence-corrected chi connectivity index (χ3v) is 4.96. The molecule has 3 heterocycles. The maximum absolute atomic E-state index is 12.0. The molecule has 26 heavy (non-hydrogen) atoms. The number of hydrogen-bond donors (Lipinski definition) is 2. The standard InChI is InChI=1S/C19H20N4O3/c1-13-16(24)4-3-15-14(11-17(25)26-18(13)15)12-22-7-9-23(10-8-22)19-20-5-2-6-21-19/h2-6,11,24H,7-10,12H2,1H3/p+1. The maximum Gasteiger partial charge on any atom is 0.336 e. The van der Waals surface area contributed by atoms with E-state index in [0.29, 0.717) is 11.1 Å². The first-order valence-corrected chi connectivity index (χ1v) is 8.72. The van der Waals surface area contributed by atoms with Gasteiger partial charge in [0.15, 0.2) is 0 Å². The summed E-state index contributed by atoms with van der Waals surface area (Å²) >= 11 is 0. The fourth-order valence-electron chi connectivity index (χ4n) is 3.49. The van der Waals surface area contributed by atoms with E-state index in [9.17, 15) is 9.90 Å². The molecule has 0 bridgehead atoms. The van der Waals surface area contributed by atoms with Crippen molar-refractivity contribution in [3.63, 3.8) is 0 Å². The van der Waals surface area contributed by atoms with E-state index in [1.807, 2.05) is 12.1 Å². The summed E-state index contributed by atoms with van der Waals surface area (Å²) in [5.74, 6) is 0.907. The van der Waals surface area contributed by atoms with Crippen LogP contribution in [0.3, 0.4) is 0 Å². The van der Waals surface area contributed by atoms with Gasteiger partial charge in [0.25, 0.3) is 0 Å². The van der Waals surface area contributed by atoms with Crippen LogP contribution in [-0.4, -0.2) is 41.3 Å². The second kappa shape index (κ2) is 6.76. The normalized spacial score (nSPS) is 15.5. The van der Waals surface area contributed by atoms with Crippen LogP contribution in [0.2, 0.25) is 0 Å². The summed E-state index contributed by atoms with van der Waals surface area (Å²) in [6.07, 6.45) is 3.52. The Morgan fingerprint density at radius 3 is 2.69 bits per heavy atom. The van der Waals surface area contributed by atoms with Crippen LogP contribution in [0.4, 0.5) is 5.95 Å². The van der Waals surface area contributed by atoms with Crippen LogP contribution < -0.4 is 15.4 Å². The Morgan fingerprint density at radius 2 is 1.96 bits per heavy atom. The molecule has 1 aromatic carbocycles. The summed E-state index contributed by atoms with van der Waals surface area (Å²) in [5, 5.41) is 10.8. The Balaban J connectivity index is 1.54. The number of aromatic hydroxyl groups is 1. The molecule has 7 nitrogen and oxygen atoms in total.